The topological polar surface area (TPSA) is 85.2 Å². The molecule has 0 radical (unpaired) electrons. The minimum atomic E-state index is -1.45. The zero-order chi connectivity index (χ0) is 12.6. The first-order valence-corrected chi connectivity index (χ1v) is 5.76. The zero-order valence-electron chi connectivity index (χ0n) is 9.41. The summed E-state index contributed by atoms with van der Waals surface area (Å²) in [7, 11) is 0. The van der Waals surface area contributed by atoms with Crippen molar-refractivity contribution in [2.75, 3.05) is 13.3 Å². The molecular weight excluding hydrogens is 244 g/mol. The predicted molar refractivity (Wildman–Crippen MR) is 64.0 cm³/mol. The molecule has 2 heterocycles. The van der Waals surface area contributed by atoms with E-state index in [1.54, 1.807) is 17.2 Å². The van der Waals surface area contributed by atoms with Crippen LogP contribution in [0.1, 0.15) is 6.92 Å². The van der Waals surface area contributed by atoms with E-state index in [-0.39, 0.29) is 6.61 Å². The first kappa shape index (κ1) is 12.7. The third-order valence-electron chi connectivity index (χ3n) is 3.09. The molecule has 96 valence electrons. The van der Waals surface area contributed by atoms with Crippen LogP contribution in [0.5, 0.6) is 0 Å². The summed E-state index contributed by atoms with van der Waals surface area (Å²) in [4.78, 5) is 2.30. The van der Waals surface area contributed by atoms with Crippen molar-refractivity contribution in [1.82, 2.24) is 10.2 Å². The Bertz CT molecular complexity index is 347. The Morgan fingerprint density at radius 1 is 1.71 bits per heavy atom. The van der Waals surface area contributed by atoms with Gasteiger partial charge in [0.1, 0.15) is 22.8 Å². The van der Waals surface area contributed by atoms with Gasteiger partial charge in [-0.25, -0.2) is 0 Å². The van der Waals surface area contributed by atoms with E-state index in [2.05, 4.69) is 5.32 Å². The van der Waals surface area contributed by atoms with Crippen LogP contribution in [-0.2, 0) is 4.74 Å². The van der Waals surface area contributed by atoms with Crippen LogP contribution in [0, 0.1) is 0 Å². The maximum Gasteiger partial charge on any atom is 0.163 e. The number of thiocarbonyl (C=S) groups is 1. The molecule has 6 nitrogen and oxygen atoms in total. The number of aliphatic hydroxyl groups is 3. The van der Waals surface area contributed by atoms with Gasteiger partial charge in [-0.1, -0.05) is 12.2 Å². The van der Waals surface area contributed by atoms with E-state index in [0.717, 1.165) is 0 Å². The van der Waals surface area contributed by atoms with Gasteiger partial charge in [0.2, 0.25) is 0 Å². The van der Waals surface area contributed by atoms with Crippen molar-refractivity contribution < 1.29 is 20.1 Å². The Kier molecular flexibility index (Phi) is 3.37. The van der Waals surface area contributed by atoms with Gasteiger partial charge in [-0.3, -0.25) is 0 Å². The van der Waals surface area contributed by atoms with Crippen molar-refractivity contribution in [2.24, 2.45) is 0 Å². The number of aliphatic hydroxyl groups excluding tert-OH is 2. The Balaban J connectivity index is 2.16. The highest BCUT2D eigenvalue weighted by molar-refractivity contribution is 7.80. The molecule has 0 bridgehead atoms. The molecule has 0 amide bonds. The van der Waals surface area contributed by atoms with Crippen LogP contribution in [0.3, 0.4) is 0 Å². The van der Waals surface area contributed by atoms with Crippen LogP contribution in [0.15, 0.2) is 12.3 Å². The van der Waals surface area contributed by atoms with E-state index in [0.29, 0.717) is 11.7 Å². The van der Waals surface area contributed by atoms with E-state index in [4.69, 9.17) is 22.1 Å². The first-order chi connectivity index (χ1) is 7.96. The summed E-state index contributed by atoms with van der Waals surface area (Å²) >= 11 is 4.94. The largest absolute Gasteiger partial charge is 0.394 e. The second kappa shape index (κ2) is 4.51. The maximum absolute atomic E-state index is 10.2. The molecule has 0 saturated carbocycles. The van der Waals surface area contributed by atoms with Crippen molar-refractivity contribution in [3.05, 3.63) is 12.3 Å². The SMILES string of the molecule is CC1(O)C(O)C(CO)OC1N1C=CC(=S)NC1. The van der Waals surface area contributed by atoms with Gasteiger partial charge in [0.15, 0.2) is 6.23 Å². The van der Waals surface area contributed by atoms with Crippen LogP contribution < -0.4 is 5.32 Å². The highest BCUT2D eigenvalue weighted by atomic mass is 32.1. The fourth-order valence-corrected chi connectivity index (χ4v) is 2.19. The Labute approximate surface area is 104 Å². The molecule has 2 aliphatic heterocycles. The molecule has 0 aromatic heterocycles. The summed E-state index contributed by atoms with van der Waals surface area (Å²) in [6, 6.07) is 0. The van der Waals surface area contributed by atoms with E-state index >= 15 is 0 Å². The lowest BCUT2D eigenvalue weighted by molar-refractivity contribution is -0.121. The summed E-state index contributed by atoms with van der Waals surface area (Å²) < 4.78 is 5.45. The summed E-state index contributed by atoms with van der Waals surface area (Å²) in [6.07, 6.45) is 0.750. The van der Waals surface area contributed by atoms with Crippen molar-refractivity contribution in [2.45, 2.75) is 31.0 Å². The van der Waals surface area contributed by atoms with Crippen molar-refractivity contribution in [3.8, 4) is 0 Å². The highest BCUT2D eigenvalue weighted by Crippen LogP contribution is 2.33. The smallest absolute Gasteiger partial charge is 0.163 e. The summed E-state index contributed by atoms with van der Waals surface area (Å²) in [5.41, 5.74) is -1.45. The van der Waals surface area contributed by atoms with Crippen LogP contribution in [-0.4, -0.2) is 62.5 Å². The van der Waals surface area contributed by atoms with Gasteiger partial charge in [-0.15, -0.1) is 0 Å². The van der Waals surface area contributed by atoms with Gasteiger partial charge < -0.3 is 30.3 Å². The molecule has 0 aromatic carbocycles. The zero-order valence-corrected chi connectivity index (χ0v) is 10.2. The fourth-order valence-electron chi connectivity index (χ4n) is 2.06. The average molecular weight is 260 g/mol. The number of nitrogens with one attached hydrogen (secondary N) is 1. The number of nitrogens with zero attached hydrogens (tertiary/aromatic N) is 1. The summed E-state index contributed by atoms with van der Waals surface area (Å²) in [6.45, 7) is 1.54. The van der Waals surface area contributed by atoms with E-state index in [1.165, 1.54) is 6.92 Å². The quantitative estimate of drug-likeness (QED) is 0.451. The molecular formula is C10H16N2O4S. The minimum absolute atomic E-state index is 0.336. The number of rotatable bonds is 2. The monoisotopic (exact) mass is 260 g/mol. The molecule has 4 unspecified atom stereocenters. The third kappa shape index (κ3) is 2.16. The molecule has 2 aliphatic rings. The lowest BCUT2D eigenvalue weighted by Gasteiger charge is -2.36. The van der Waals surface area contributed by atoms with Crippen molar-refractivity contribution in [1.29, 1.82) is 0 Å². The van der Waals surface area contributed by atoms with Gasteiger partial charge >= 0.3 is 0 Å². The minimum Gasteiger partial charge on any atom is -0.394 e. The lowest BCUT2D eigenvalue weighted by atomic mass is 9.96. The van der Waals surface area contributed by atoms with E-state index < -0.39 is 24.0 Å². The summed E-state index contributed by atoms with van der Waals surface area (Å²) in [5.74, 6) is 0. The van der Waals surface area contributed by atoms with Gasteiger partial charge in [0.25, 0.3) is 0 Å². The van der Waals surface area contributed by atoms with E-state index in [9.17, 15) is 10.2 Å². The second-order valence-electron chi connectivity index (χ2n) is 4.41. The Hall–Kier alpha value is -0.730. The fraction of sp³-hybridized carbons (Fsp3) is 0.700. The molecule has 4 N–H and O–H groups in total. The van der Waals surface area contributed by atoms with Gasteiger partial charge in [-0.05, 0) is 13.0 Å². The van der Waals surface area contributed by atoms with Gasteiger partial charge in [0.05, 0.1) is 13.3 Å². The number of hydrogen-bond acceptors (Lipinski definition) is 6. The molecule has 0 aliphatic carbocycles. The van der Waals surface area contributed by atoms with Gasteiger partial charge in [0, 0.05) is 6.20 Å². The average Bonchev–Trinajstić information content (AvgIpc) is 2.53. The van der Waals surface area contributed by atoms with E-state index in [1.807, 2.05) is 0 Å². The predicted octanol–water partition coefficient (Wildman–Crippen LogP) is -1.48. The van der Waals surface area contributed by atoms with Crippen LogP contribution in [0.25, 0.3) is 0 Å². The Morgan fingerprint density at radius 2 is 2.41 bits per heavy atom. The standard InChI is InChI=1S/C10H16N2O4S/c1-10(15)8(14)6(4-13)16-9(10)12-3-2-7(17)11-5-12/h2-3,6,8-9,13-15H,4-5H2,1H3,(H,11,17). The van der Waals surface area contributed by atoms with Crippen molar-refractivity contribution in [3.63, 3.8) is 0 Å². The van der Waals surface area contributed by atoms with Crippen molar-refractivity contribution >= 4 is 17.2 Å². The highest BCUT2D eigenvalue weighted by Gasteiger charge is 2.53. The second-order valence-corrected chi connectivity index (χ2v) is 4.85. The van der Waals surface area contributed by atoms with Gasteiger partial charge in [-0.2, -0.15) is 0 Å². The Morgan fingerprint density at radius 3 is 2.88 bits per heavy atom. The molecule has 2 rings (SSSR count). The van der Waals surface area contributed by atoms with Crippen LogP contribution in [0.4, 0.5) is 0 Å². The third-order valence-corrected chi connectivity index (χ3v) is 3.37. The summed E-state index contributed by atoms with van der Waals surface area (Å²) in [5, 5.41) is 32.0. The molecule has 7 heteroatoms. The number of hydrogen-bond donors (Lipinski definition) is 4. The molecule has 0 spiro atoms. The molecule has 4 atom stereocenters. The molecule has 1 fully saturated rings. The molecule has 0 aromatic rings. The maximum atomic E-state index is 10.2. The normalized spacial score (nSPS) is 41.8. The lowest BCUT2D eigenvalue weighted by Crippen LogP contribution is -2.54. The first-order valence-electron chi connectivity index (χ1n) is 5.35. The number of ether oxygens (including phenoxy) is 1. The molecule has 1 saturated heterocycles. The molecule has 17 heavy (non-hydrogen) atoms. The van der Waals surface area contributed by atoms with Crippen LogP contribution in [0.2, 0.25) is 0 Å². The van der Waals surface area contributed by atoms with Crippen LogP contribution >= 0.6 is 12.2 Å².